The second-order valence-corrected chi connectivity index (χ2v) is 11.0. The number of carboxylic acid groups (broad SMARTS) is 1. The summed E-state index contributed by atoms with van der Waals surface area (Å²) in [6.45, 7) is 10.1. The fourth-order valence-electron chi connectivity index (χ4n) is 6.37. The van der Waals surface area contributed by atoms with E-state index in [4.69, 9.17) is 14.2 Å². The zero-order valence-corrected chi connectivity index (χ0v) is 24.8. The van der Waals surface area contributed by atoms with Crippen molar-refractivity contribution < 1.29 is 28.9 Å². The predicted molar refractivity (Wildman–Crippen MR) is 162 cm³/mol. The summed E-state index contributed by atoms with van der Waals surface area (Å²) in [6.07, 6.45) is 1.60. The number of likely N-dealkylation sites (tertiary alicyclic amines) is 1. The molecule has 2 N–H and O–H groups in total. The number of carbonyl (C=O) groups is 2. The zero-order valence-electron chi connectivity index (χ0n) is 24.8. The number of nitrogens with one attached hydrogen (secondary N) is 1. The number of aryl methyl sites for hydroxylation is 3. The van der Waals surface area contributed by atoms with Gasteiger partial charge in [-0.1, -0.05) is 49.7 Å². The second kappa shape index (κ2) is 12.9. The smallest absolute Gasteiger partial charge is 0.309 e. The van der Waals surface area contributed by atoms with Crippen LogP contribution in [0.3, 0.4) is 0 Å². The van der Waals surface area contributed by atoms with E-state index in [0.717, 1.165) is 46.5 Å². The van der Waals surface area contributed by atoms with E-state index < -0.39 is 17.9 Å². The van der Waals surface area contributed by atoms with Gasteiger partial charge < -0.3 is 24.6 Å². The van der Waals surface area contributed by atoms with Crippen molar-refractivity contribution in [1.29, 1.82) is 0 Å². The van der Waals surface area contributed by atoms with Crippen LogP contribution in [0.1, 0.15) is 60.5 Å². The van der Waals surface area contributed by atoms with Gasteiger partial charge in [0.05, 0.1) is 19.1 Å². The number of amides is 1. The van der Waals surface area contributed by atoms with Crippen LogP contribution >= 0.6 is 0 Å². The molecule has 8 nitrogen and oxygen atoms in total. The molecule has 1 unspecified atom stereocenters. The lowest BCUT2D eigenvalue weighted by Crippen LogP contribution is -2.35. The van der Waals surface area contributed by atoms with E-state index in [1.54, 1.807) is 0 Å². The monoisotopic (exact) mass is 572 g/mol. The van der Waals surface area contributed by atoms with Crippen LogP contribution in [0.15, 0.2) is 54.6 Å². The Hall–Kier alpha value is -4.04. The van der Waals surface area contributed by atoms with Crippen molar-refractivity contribution >= 4 is 17.6 Å². The molecular weight excluding hydrogens is 532 g/mol. The molecule has 0 radical (unpaired) electrons. The van der Waals surface area contributed by atoms with Crippen LogP contribution in [0.25, 0.3) is 0 Å². The summed E-state index contributed by atoms with van der Waals surface area (Å²) in [5.74, 6) is -0.212. The maximum Gasteiger partial charge on any atom is 0.309 e. The number of anilines is 1. The minimum Gasteiger partial charge on any atom is -0.494 e. The number of benzene rings is 3. The molecule has 0 saturated carbocycles. The van der Waals surface area contributed by atoms with Gasteiger partial charge >= 0.3 is 5.97 Å². The molecule has 8 heteroatoms. The van der Waals surface area contributed by atoms with Crippen LogP contribution in [0.2, 0.25) is 0 Å². The summed E-state index contributed by atoms with van der Waals surface area (Å²) in [5.41, 5.74) is 5.92. The van der Waals surface area contributed by atoms with Gasteiger partial charge in [0.25, 0.3) is 0 Å². The minimum absolute atomic E-state index is 0.0584. The van der Waals surface area contributed by atoms with Crippen molar-refractivity contribution in [3.05, 3.63) is 82.4 Å². The standard InChI is InChI=1S/C34H40N2O6/c1-5-22-16-21(4)17-23(6-2)32(22)35-30(37)20-36-19-27(25-10-13-28-29(18-25)42-15-14-41-28)31(34(38)39)33(36)24-8-11-26(12-9-24)40-7-3/h8-13,16-18,27,31,33H,5-7,14-15,19-20H2,1-4H3,(H,35,37)(H,38,39)/t27-,31?,33+/m1/s1. The van der Waals surface area contributed by atoms with E-state index in [0.29, 0.717) is 37.9 Å². The normalized spacial score (nSPS) is 19.9. The molecule has 2 aliphatic heterocycles. The molecule has 1 saturated heterocycles. The van der Waals surface area contributed by atoms with Crippen LogP contribution in [0.4, 0.5) is 5.69 Å². The second-order valence-electron chi connectivity index (χ2n) is 11.0. The molecule has 1 fully saturated rings. The van der Waals surface area contributed by atoms with Gasteiger partial charge in [0.1, 0.15) is 19.0 Å². The maximum absolute atomic E-state index is 13.7. The van der Waals surface area contributed by atoms with Crippen LogP contribution in [-0.4, -0.2) is 54.8 Å². The quantitative estimate of drug-likeness (QED) is 0.318. The largest absolute Gasteiger partial charge is 0.494 e. The van der Waals surface area contributed by atoms with Crippen molar-refractivity contribution in [2.45, 2.75) is 52.5 Å². The van der Waals surface area contributed by atoms with Crippen molar-refractivity contribution in [2.75, 3.05) is 38.2 Å². The Morgan fingerprint density at radius 3 is 2.19 bits per heavy atom. The van der Waals surface area contributed by atoms with Crippen molar-refractivity contribution in [3.8, 4) is 17.2 Å². The summed E-state index contributed by atoms with van der Waals surface area (Å²) in [4.78, 5) is 28.6. The Morgan fingerprint density at radius 1 is 0.929 bits per heavy atom. The molecule has 2 heterocycles. The Labute approximate surface area is 247 Å². The molecule has 222 valence electrons. The maximum atomic E-state index is 13.7. The van der Waals surface area contributed by atoms with Gasteiger partial charge in [-0.05, 0) is 73.2 Å². The first-order chi connectivity index (χ1) is 20.3. The number of hydrogen-bond acceptors (Lipinski definition) is 6. The summed E-state index contributed by atoms with van der Waals surface area (Å²) in [5, 5.41) is 13.8. The summed E-state index contributed by atoms with van der Waals surface area (Å²) in [7, 11) is 0. The zero-order chi connectivity index (χ0) is 29.8. The molecule has 5 rings (SSSR count). The lowest BCUT2D eigenvalue weighted by atomic mass is 9.82. The average Bonchev–Trinajstić information content (AvgIpc) is 3.37. The first-order valence-electron chi connectivity index (χ1n) is 14.8. The number of carboxylic acids is 1. The molecule has 42 heavy (non-hydrogen) atoms. The number of ether oxygens (including phenoxy) is 3. The highest BCUT2D eigenvalue weighted by Gasteiger charge is 2.48. The molecular formula is C34H40N2O6. The predicted octanol–water partition coefficient (Wildman–Crippen LogP) is 5.77. The molecule has 0 aliphatic carbocycles. The van der Waals surface area contributed by atoms with Crippen molar-refractivity contribution in [3.63, 3.8) is 0 Å². The van der Waals surface area contributed by atoms with E-state index in [9.17, 15) is 14.7 Å². The van der Waals surface area contributed by atoms with E-state index in [2.05, 4.69) is 38.2 Å². The van der Waals surface area contributed by atoms with Crippen molar-refractivity contribution in [2.24, 2.45) is 5.92 Å². The fourth-order valence-corrected chi connectivity index (χ4v) is 6.37. The van der Waals surface area contributed by atoms with E-state index in [1.165, 1.54) is 5.56 Å². The van der Waals surface area contributed by atoms with Gasteiger partial charge in [0, 0.05) is 24.2 Å². The van der Waals surface area contributed by atoms with Crippen LogP contribution in [0, 0.1) is 12.8 Å². The highest BCUT2D eigenvalue weighted by molar-refractivity contribution is 5.94. The van der Waals surface area contributed by atoms with E-state index >= 15 is 0 Å². The number of nitrogens with zero attached hydrogens (tertiary/aromatic N) is 1. The Bertz CT molecular complexity index is 1410. The molecule has 3 atom stereocenters. The first-order valence-corrected chi connectivity index (χ1v) is 14.8. The highest BCUT2D eigenvalue weighted by Crippen LogP contribution is 2.47. The third-order valence-electron chi connectivity index (χ3n) is 8.23. The average molecular weight is 573 g/mol. The first kappa shape index (κ1) is 29.5. The van der Waals surface area contributed by atoms with Gasteiger partial charge in [0.2, 0.25) is 5.91 Å². The van der Waals surface area contributed by atoms with Gasteiger partial charge in [0.15, 0.2) is 11.5 Å². The molecule has 2 aliphatic rings. The van der Waals surface area contributed by atoms with Gasteiger partial charge in [-0.2, -0.15) is 0 Å². The molecule has 1 amide bonds. The number of hydrogen-bond donors (Lipinski definition) is 2. The summed E-state index contributed by atoms with van der Waals surface area (Å²) >= 11 is 0. The number of rotatable bonds is 10. The van der Waals surface area contributed by atoms with Crippen molar-refractivity contribution in [1.82, 2.24) is 4.90 Å². The molecule has 0 bridgehead atoms. The van der Waals surface area contributed by atoms with E-state index in [-0.39, 0.29) is 18.4 Å². The van der Waals surface area contributed by atoms with Gasteiger partial charge in [-0.15, -0.1) is 0 Å². The topological polar surface area (TPSA) is 97.3 Å². The molecule has 0 spiro atoms. The summed E-state index contributed by atoms with van der Waals surface area (Å²) < 4.78 is 17.1. The third kappa shape index (κ3) is 6.09. The van der Waals surface area contributed by atoms with Crippen LogP contribution < -0.4 is 19.5 Å². The number of carbonyl (C=O) groups excluding carboxylic acids is 1. The van der Waals surface area contributed by atoms with Crippen LogP contribution in [-0.2, 0) is 22.4 Å². The van der Waals surface area contributed by atoms with E-state index in [1.807, 2.05) is 54.3 Å². The Morgan fingerprint density at radius 2 is 1.57 bits per heavy atom. The molecule has 0 aromatic heterocycles. The molecule has 3 aromatic carbocycles. The lowest BCUT2D eigenvalue weighted by molar-refractivity contribution is -0.143. The summed E-state index contributed by atoms with van der Waals surface area (Å²) in [6, 6.07) is 16.9. The number of aliphatic carboxylic acids is 1. The van der Waals surface area contributed by atoms with Crippen LogP contribution in [0.5, 0.6) is 17.2 Å². The number of fused-ring (bicyclic) bond motifs is 1. The Balaban J connectivity index is 1.49. The lowest BCUT2D eigenvalue weighted by Gasteiger charge is -2.27. The van der Waals surface area contributed by atoms with Gasteiger partial charge in [-0.3, -0.25) is 14.5 Å². The third-order valence-corrected chi connectivity index (χ3v) is 8.23. The van der Waals surface area contributed by atoms with Gasteiger partial charge in [-0.25, -0.2) is 0 Å². The highest BCUT2D eigenvalue weighted by atomic mass is 16.6. The fraction of sp³-hybridized carbons (Fsp3) is 0.412. The SMILES string of the molecule is CCOc1ccc([C@H]2C(C(=O)O)[C@@H](c3ccc4c(c3)OCCO4)CN2CC(=O)Nc2c(CC)cc(C)cc2CC)cc1. The Kier molecular flexibility index (Phi) is 9.02. The minimum atomic E-state index is -0.906. The molecule has 3 aromatic rings.